The van der Waals surface area contributed by atoms with Crippen LogP contribution in [0.5, 0.6) is 0 Å². The molecule has 3 aromatic rings. The Labute approximate surface area is 169 Å². The van der Waals surface area contributed by atoms with Crippen molar-refractivity contribution in [3.05, 3.63) is 70.0 Å². The van der Waals surface area contributed by atoms with Crippen LogP contribution in [-0.2, 0) is 11.0 Å². The van der Waals surface area contributed by atoms with Crippen LogP contribution in [0.1, 0.15) is 29.9 Å². The second-order valence-electron chi connectivity index (χ2n) is 7.41. The highest BCUT2D eigenvalue weighted by Crippen LogP contribution is 2.37. The number of H-pyrrole nitrogens is 1. The number of aliphatic hydroxyl groups is 1. The number of hydrogen-bond acceptors (Lipinski definition) is 3. The number of amides is 1. The summed E-state index contributed by atoms with van der Waals surface area (Å²) in [6, 6.07) is 11.4. The van der Waals surface area contributed by atoms with Gasteiger partial charge in [-0.3, -0.25) is 9.59 Å². The lowest BCUT2D eigenvalue weighted by Crippen LogP contribution is -2.26. The molecule has 30 heavy (non-hydrogen) atoms. The van der Waals surface area contributed by atoms with E-state index in [0.29, 0.717) is 29.2 Å². The average molecular weight is 416 g/mol. The van der Waals surface area contributed by atoms with Crippen LogP contribution in [0.3, 0.4) is 0 Å². The van der Waals surface area contributed by atoms with Crippen molar-refractivity contribution < 1.29 is 23.1 Å². The first-order chi connectivity index (χ1) is 14.3. The van der Waals surface area contributed by atoms with E-state index < -0.39 is 23.2 Å². The molecular weight excluding hydrogens is 397 g/mol. The Bertz CT molecular complexity index is 1170. The van der Waals surface area contributed by atoms with Gasteiger partial charge in [0.2, 0.25) is 5.91 Å². The van der Waals surface area contributed by atoms with Gasteiger partial charge in [-0.2, -0.15) is 13.2 Å². The van der Waals surface area contributed by atoms with E-state index in [9.17, 15) is 22.8 Å². The minimum absolute atomic E-state index is 0.0305. The summed E-state index contributed by atoms with van der Waals surface area (Å²) in [5.41, 5.74) is -0.708. The summed E-state index contributed by atoms with van der Waals surface area (Å²) in [5, 5.41) is 12.7. The number of aliphatic hydroxyl groups excluding tert-OH is 1. The molecule has 2 unspecified atom stereocenters. The third-order valence-electron chi connectivity index (χ3n) is 5.46. The summed E-state index contributed by atoms with van der Waals surface area (Å²) in [7, 11) is 0. The zero-order valence-corrected chi connectivity index (χ0v) is 15.8. The minimum atomic E-state index is -4.55. The van der Waals surface area contributed by atoms with E-state index in [4.69, 9.17) is 5.11 Å². The van der Waals surface area contributed by atoms with E-state index in [1.165, 1.54) is 24.3 Å². The molecule has 4 rings (SSSR count). The normalized spacial score (nSPS) is 19.3. The van der Waals surface area contributed by atoms with Gasteiger partial charge in [0.05, 0.1) is 11.5 Å². The fourth-order valence-electron chi connectivity index (χ4n) is 3.99. The van der Waals surface area contributed by atoms with Crippen LogP contribution in [0.25, 0.3) is 22.0 Å². The lowest BCUT2D eigenvalue weighted by molar-refractivity contribution is -0.137. The molecule has 156 valence electrons. The van der Waals surface area contributed by atoms with Crippen molar-refractivity contribution in [2.45, 2.75) is 31.0 Å². The van der Waals surface area contributed by atoms with Crippen molar-refractivity contribution in [3.8, 4) is 11.3 Å². The van der Waals surface area contributed by atoms with Crippen molar-refractivity contribution in [1.82, 2.24) is 10.3 Å². The molecule has 1 amide bonds. The van der Waals surface area contributed by atoms with Crippen LogP contribution >= 0.6 is 0 Å². The van der Waals surface area contributed by atoms with Crippen LogP contribution in [0.4, 0.5) is 13.2 Å². The number of fused-ring (bicyclic) bond motifs is 1. The van der Waals surface area contributed by atoms with Gasteiger partial charge >= 0.3 is 6.18 Å². The SMILES string of the molecule is O=C1NC(CCO)CC1c1ccc2cc(-c3ccccc3C(F)(F)F)[nH]c(=O)c2c1. The smallest absolute Gasteiger partial charge is 0.396 e. The number of carbonyl (C=O) groups excluding carboxylic acids is 1. The number of alkyl halides is 3. The fourth-order valence-corrected chi connectivity index (χ4v) is 3.99. The molecule has 2 atom stereocenters. The Morgan fingerprint density at radius 2 is 1.83 bits per heavy atom. The third kappa shape index (κ3) is 3.70. The zero-order valence-electron chi connectivity index (χ0n) is 15.8. The summed E-state index contributed by atoms with van der Waals surface area (Å²) >= 11 is 0. The van der Waals surface area contributed by atoms with Gasteiger partial charge in [-0.15, -0.1) is 0 Å². The van der Waals surface area contributed by atoms with E-state index in [1.807, 2.05) is 0 Å². The third-order valence-corrected chi connectivity index (χ3v) is 5.46. The molecule has 0 spiro atoms. The molecule has 5 nitrogen and oxygen atoms in total. The van der Waals surface area contributed by atoms with Gasteiger partial charge in [0.1, 0.15) is 0 Å². The quantitative estimate of drug-likeness (QED) is 0.608. The predicted molar refractivity (Wildman–Crippen MR) is 106 cm³/mol. The number of nitrogens with one attached hydrogen (secondary N) is 2. The van der Waals surface area contributed by atoms with Crippen LogP contribution in [0.2, 0.25) is 0 Å². The fraction of sp³-hybridized carbons (Fsp3) is 0.273. The Balaban J connectivity index is 1.75. The summed E-state index contributed by atoms with van der Waals surface area (Å²) in [4.78, 5) is 27.5. The summed E-state index contributed by atoms with van der Waals surface area (Å²) in [6.45, 7) is -0.0305. The summed E-state index contributed by atoms with van der Waals surface area (Å²) in [5.74, 6) is -0.601. The zero-order chi connectivity index (χ0) is 21.5. The van der Waals surface area contributed by atoms with Gasteiger partial charge in [-0.25, -0.2) is 0 Å². The van der Waals surface area contributed by atoms with Crippen LogP contribution in [0, 0.1) is 0 Å². The van der Waals surface area contributed by atoms with E-state index >= 15 is 0 Å². The van der Waals surface area contributed by atoms with Crippen LogP contribution in [0.15, 0.2) is 53.3 Å². The largest absolute Gasteiger partial charge is 0.417 e. The van der Waals surface area contributed by atoms with E-state index in [-0.39, 0.29) is 29.8 Å². The van der Waals surface area contributed by atoms with Crippen molar-refractivity contribution >= 4 is 16.7 Å². The van der Waals surface area contributed by atoms with E-state index in [2.05, 4.69) is 10.3 Å². The standard InChI is InChI=1S/C22H19F3N2O3/c23-22(24,25)18-4-2-1-3-15(18)19-10-13-6-5-12(9-16(13)21(30)27-19)17-11-14(7-8-28)26-20(17)29/h1-6,9-10,14,17,28H,7-8,11H2,(H,26,29)(H,27,30). The number of benzene rings is 2. The average Bonchev–Trinajstić information content (AvgIpc) is 3.07. The first kappa shape index (κ1) is 20.2. The number of hydrogen-bond donors (Lipinski definition) is 3. The first-order valence-electron chi connectivity index (χ1n) is 9.52. The second kappa shape index (κ2) is 7.60. The molecule has 1 aliphatic rings. The topological polar surface area (TPSA) is 82.2 Å². The molecule has 3 N–H and O–H groups in total. The lowest BCUT2D eigenvalue weighted by atomic mass is 9.93. The minimum Gasteiger partial charge on any atom is -0.396 e. The second-order valence-corrected chi connectivity index (χ2v) is 7.41. The number of aromatic nitrogens is 1. The number of pyridine rings is 1. The Hall–Kier alpha value is -3.13. The van der Waals surface area contributed by atoms with Crippen molar-refractivity contribution in [1.29, 1.82) is 0 Å². The number of aromatic amines is 1. The maximum absolute atomic E-state index is 13.4. The molecule has 2 aromatic carbocycles. The summed E-state index contributed by atoms with van der Waals surface area (Å²) < 4.78 is 40.1. The van der Waals surface area contributed by atoms with Gasteiger partial charge in [-0.05, 0) is 42.0 Å². The first-order valence-corrected chi connectivity index (χ1v) is 9.52. The van der Waals surface area contributed by atoms with Gasteiger partial charge in [0, 0.05) is 29.3 Å². The maximum Gasteiger partial charge on any atom is 0.417 e. The van der Waals surface area contributed by atoms with Crippen molar-refractivity contribution in [2.75, 3.05) is 6.61 Å². The Morgan fingerprint density at radius 1 is 1.07 bits per heavy atom. The Kier molecular flexibility index (Phi) is 5.11. The van der Waals surface area contributed by atoms with E-state index in [1.54, 1.807) is 18.2 Å². The molecular formula is C22H19F3N2O3. The lowest BCUT2D eigenvalue weighted by Gasteiger charge is -2.14. The van der Waals surface area contributed by atoms with Gasteiger partial charge in [-0.1, -0.05) is 30.3 Å². The summed E-state index contributed by atoms with van der Waals surface area (Å²) in [6.07, 6.45) is -3.58. The molecule has 1 saturated heterocycles. The van der Waals surface area contributed by atoms with Gasteiger partial charge in [0.15, 0.2) is 0 Å². The molecule has 0 radical (unpaired) electrons. The molecule has 0 saturated carbocycles. The van der Waals surface area contributed by atoms with Crippen molar-refractivity contribution in [2.24, 2.45) is 0 Å². The van der Waals surface area contributed by atoms with Gasteiger partial charge in [0.25, 0.3) is 5.56 Å². The number of halogens is 3. The highest BCUT2D eigenvalue weighted by Gasteiger charge is 2.34. The van der Waals surface area contributed by atoms with E-state index in [0.717, 1.165) is 6.07 Å². The van der Waals surface area contributed by atoms with Crippen LogP contribution < -0.4 is 10.9 Å². The highest BCUT2D eigenvalue weighted by molar-refractivity contribution is 5.90. The van der Waals surface area contributed by atoms with Crippen LogP contribution in [-0.4, -0.2) is 28.6 Å². The molecule has 0 aliphatic carbocycles. The molecule has 1 aliphatic heterocycles. The number of carbonyl (C=O) groups is 1. The van der Waals surface area contributed by atoms with Gasteiger partial charge < -0.3 is 15.4 Å². The highest BCUT2D eigenvalue weighted by atomic mass is 19.4. The molecule has 8 heteroatoms. The predicted octanol–water partition coefficient (Wildman–Crippen LogP) is 3.57. The molecule has 1 fully saturated rings. The molecule has 1 aromatic heterocycles. The maximum atomic E-state index is 13.4. The number of rotatable bonds is 4. The molecule has 2 heterocycles. The van der Waals surface area contributed by atoms with Crippen molar-refractivity contribution in [3.63, 3.8) is 0 Å². The monoisotopic (exact) mass is 416 g/mol. The Morgan fingerprint density at radius 3 is 2.57 bits per heavy atom. The molecule has 0 bridgehead atoms.